The van der Waals surface area contributed by atoms with Crippen LogP contribution in [0.4, 0.5) is 0 Å². The number of hydrogen-bond donors (Lipinski definition) is 0. The second kappa shape index (κ2) is 5.78. The van der Waals surface area contributed by atoms with Crippen LogP contribution in [0.15, 0.2) is 22.6 Å². The number of rotatable bonds is 6. The third-order valence-electron chi connectivity index (χ3n) is 4.42. The number of aromatic nitrogens is 1. The first kappa shape index (κ1) is 14.1. The molecular weight excluding hydrogens is 254 g/mol. The van der Waals surface area contributed by atoms with Gasteiger partial charge in [0.15, 0.2) is 11.5 Å². The van der Waals surface area contributed by atoms with Gasteiger partial charge in [0.2, 0.25) is 0 Å². The standard InChI is InChI=1S/C15H23NO2Si/c1-5-19(6-2,7-3)11-15-16-13-10-12(17-4)8-9-14(13)18-15/h8-10H,5-7,11H2,1-4H3. The van der Waals surface area contributed by atoms with Gasteiger partial charge in [-0.1, -0.05) is 38.9 Å². The van der Waals surface area contributed by atoms with Gasteiger partial charge in [0.05, 0.1) is 15.2 Å². The summed E-state index contributed by atoms with van der Waals surface area (Å²) < 4.78 is 11.1. The lowest BCUT2D eigenvalue weighted by Crippen LogP contribution is -2.34. The normalized spacial score (nSPS) is 12.0. The van der Waals surface area contributed by atoms with E-state index in [0.29, 0.717) is 0 Å². The van der Waals surface area contributed by atoms with Crippen molar-refractivity contribution < 1.29 is 9.15 Å². The van der Waals surface area contributed by atoms with E-state index in [9.17, 15) is 0 Å². The Morgan fingerprint density at radius 1 is 1.16 bits per heavy atom. The molecule has 0 radical (unpaired) electrons. The van der Waals surface area contributed by atoms with E-state index in [0.717, 1.165) is 28.8 Å². The summed E-state index contributed by atoms with van der Waals surface area (Å²) in [5, 5.41) is 0. The first-order chi connectivity index (χ1) is 9.16. The fourth-order valence-corrected chi connectivity index (χ4v) is 5.65. The molecule has 1 aromatic heterocycles. The van der Waals surface area contributed by atoms with Gasteiger partial charge in [-0.2, -0.15) is 0 Å². The van der Waals surface area contributed by atoms with Crippen molar-refractivity contribution in [2.24, 2.45) is 0 Å². The van der Waals surface area contributed by atoms with Gasteiger partial charge in [-0.05, 0) is 12.1 Å². The number of nitrogens with zero attached hydrogens (tertiary/aromatic N) is 1. The molecule has 0 bridgehead atoms. The van der Waals surface area contributed by atoms with Crippen LogP contribution < -0.4 is 4.74 Å². The molecule has 0 aliphatic carbocycles. The molecule has 0 unspecified atom stereocenters. The minimum absolute atomic E-state index is 0.831. The highest BCUT2D eigenvalue weighted by Gasteiger charge is 2.29. The lowest BCUT2D eigenvalue weighted by molar-refractivity contribution is 0.415. The fourth-order valence-electron chi connectivity index (χ4n) is 2.60. The summed E-state index contributed by atoms with van der Waals surface area (Å²) in [4.78, 5) is 4.64. The molecule has 104 valence electrons. The van der Waals surface area contributed by atoms with Crippen molar-refractivity contribution in [3.8, 4) is 5.75 Å². The zero-order valence-electron chi connectivity index (χ0n) is 12.3. The molecule has 0 atom stereocenters. The summed E-state index contributed by atoms with van der Waals surface area (Å²) in [5.74, 6) is 1.73. The van der Waals surface area contributed by atoms with Gasteiger partial charge in [0.25, 0.3) is 0 Å². The highest BCUT2D eigenvalue weighted by molar-refractivity contribution is 6.79. The molecule has 0 fully saturated rings. The maximum absolute atomic E-state index is 5.90. The van der Waals surface area contributed by atoms with Gasteiger partial charge in [0, 0.05) is 12.1 Å². The maximum atomic E-state index is 5.90. The molecule has 3 nitrogen and oxygen atoms in total. The molecule has 4 heteroatoms. The van der Waals surface area contributed by atoms with Crippen LogP contribution in [0, 0.1) is 0 Å². The largest absolute Gasteiger partial charge is 0.497 e. The van der Waals surface area contributed by atoms with Crippen LogP contribution >= 0.6 is 0 Å². The summed E-state index contributed by atoms with van der Waals surface area (Å²) in [7, 11) is 0.441. The van der Waals surface area contributed by atoms with Gasteiger partial charge in [-0.25, -0.2) is 4.98 Å². The lowest BCUT2D eigenvalue weighted by Gasteiger charge is -2.26. The Balaban J connectivity index is 2.30. The van der Waals surface area contributed by atoms with Crippen LogP contribution in [0.5, 0.6) is 5.75 Å². The van der Waals surface area contributed by atoms with E-state index in [2.05, 4.69) is 25.8 Å². The summed E-state index contributed by atoms with van der Waals surface area (Å²) in [6, 6.07) is 10.7. The lowest BCUT2D eigenvalue weighted by atomic mass is 10.3. The Labute approximate surface area is 116 Å². The number of methoxy groups -OCH3 is 1. The Hall–Kier alpha value is -1.29. The minimum atomic E-state index is -1.23. The van der Waals surface area contributed by atoms with Crippen LogP contribution in [0.2, 0.25) is 18.1 Å². The summed E-state index contributed by atoms with van der Waals surface area (Å²) in [5.41, 5.74) is 1.77. The minimum Gasteiger partial charge on any atom is -0.497 e. The van der Waals surface area contributed by atoms with Crippen LogP contribution in [0.3, 0.4) is 0 Å². The van der Waals surface area contributed by atoms with E-state index in [1.807, 2.05) is 18.2 Å². The van der Waals surface area contributed by atoms with Crippen molar-refractivity contribution in [3.05, 3.63) is 24.1 Å². The predicted octanol–water partition coefficient (Wildman–Crippen LogP) is 4.43. The number of ether oxygens (including phenoxy) is 1. The third kappa shape index (κ3) is 2.83. The van der Waals surface area contributed by atoms with E-state index in [1.54, 1.807) is 7.11 Å². The van der Waals surface area contributed by atoms with Crippen molar-refractivity contribution in [3.63, 3.8) is 0 Å². The van der Waals surface area contributed by atoms with E-state index in [-0.39, 0.29) is 0 Å². The molecule has 0 saturated heterocycles. The fraction of sp³-hybridized carbons (Fsp3) is 0.533. The average molecular weight is 277 g/mol. The molecule has 0 amide bonds. The SMILES string of the molecule is CC[Si](CC)(CC)Cc1nc2cc(OC)ccc2o1. The van der Waals surface area contributed by atoms with Gasteiger partial charge in [-0.15, -0.1) is 0 Å². The Morgan fingerprint density at radius 2 is 1.84 bits per heavy atom. The van der Waals surface area contributed by atoms with Crippen molar-refractivity contribution >= 4 is 19.2 Å². The average Bonchev–Trinajstić information content (AvgIpc) is 2.85. The molecule has 0 aliphatic heterocycles. The number of fused-ring (bicyclic) bond motifs is 1. The van der Waals surface area contributed by atoms with Gasteiger partial charge >= 0.3 is 0 Å². The van der Waals surface area contributed by atoms with Gasteiger partial charge < -0.3 is 9.15 Å². The topological polar surface area (TPSA) is 35.3 Å². The van der Waals surface area contributed by atoms with E-state index in [4.69, 9.17) is 9.15 Å². The second-order valence-corrected chi connectivity index (χ2v) is 10.7. The molecule has 0 spiro atoms. The smallest absolute Gasteiger partial charge is 0.192 e. The molecule has 0 N–H and O–H groups in total. The molecule has 1 aromatic carbocycles. The van der Waals surface area contributed by atoms with Crippen LogP contribution in [-0.4, -0.2) is 20.2 Å². The Morgan fingerprint density at radius 3 is 2.42 bits per heavy atom. The second-order valence-electron chi connectivity index (χ2n) is 5.18. The highest BCUT2D eigenvalue weighted by atomic mass is 28.3. The number of hydrogen-bond acceptors (Lipinski definition) is 3. The number of benzene rings is 1. The van der Waals surface area contributed by atoms with Crippen molar-refractivity contribution in [1.29, 1.82) is 0 Å². The maximum Gasteiger partial charge on any atom is 0.192 e. The Kier molecular flexibility index (Phi) is 4.30. The first-order valence-corrected chi connectivity index (χ1v) is 9.92. The first-order valence-electron chi connectivity index (χ1n) is 7.09. The number of oxazole rings is 1. The molecule has 0 aliphatic rings. The monoisotopic (exact) mass is 277 g/mol. The van der Waals surface area contributed by atoms with Crippen molar-refractivity contribution in [2.75, 3.05) is 7.11 Å². The summed E-state index contributed by atoms with van der Waals surface area (Å²) in [6.07, 6.45) is 0. The zero-order valence-corrected chi connectivity index (χ0v) is 13.3. The van der Waals surface area contributed by atoms with Gasteiger partial charge in [0.1, 0.15) is 11.3 Å². The summed E-state index contributed by atoms with van der Waals surface area (Å²) >= 11 is 0. The molecule has 2 rings (SSSR count). The molecule has 0 saturated carbocycles. The zero-order chi connectivity index (χ0) is 13.9. The molecule has 2 aromatic rings. The van der Waals surface area contributed by atoms with E-state index in [1.165, 1.54) is 18.1 Å². The highest BCUT2D eigenvalue weighted by Crippen LogP contribution is 2.27. The quantitative estimate of drug-likeness (QED) is 0.733. The van der Waals surface area contributed by atoms with E-state index >= 15 is 0 Å². The van der Waals surface area contributed by atoms with Crippen LogP contribution in [-0.2, 0) is 6.04 Å². The van der Waals surface area contributed by atoms with Crippen LogP contribution in [0.1, 0.15) is 26.7 Å². The molecular formula is C15H23NO2Si. The van der Waals surface area contributed by atoms with Gasteiger partial charge in [-0.3, -0.25) is 0 Å². The molecule has 1 heterocycles. The molecule has 19 heavy (non-hydrogen) atoms. The van der Waals surface area contributed by atoms with Crippen LogP contribution in [0.25, 0.3) is 11.1 Å². The Bertz CT molecular complexity index is 538. The van der Waals surface area contributed by atoms with Crippen molar-refractivity contribution in [2.45, 2.75) is 44.9 Å². The third-order valence-corrected chi connectivity index (χ3v) is 9.97. The van der Waals surface area contributed by atoms with E-state index < -0.39 is 8.07 Å². The predicted molar refractivity (Wildman–Crippen MR) is 81.5 cm³/mol. The van der Waals surface area contributed by atoms with Crippen molar-refractivity contribution in [1.82, 2.24) is 4.98 Å². The summed E-state index contributed by atoms with van der Waals surface area (Å²) in [6.45, 7) is 6.93.